The van der Waals surface area contributed by atoms with Crippen LogP contribution in [0.4, 0.5) is 0 Å². The van der Waals surface area contributed by atoms with Gasteiger partial charge >= 0.3 is 0 Å². The predicted molar refractivity (Wildman–Crippen MR) is 57.2 cm³/mol. The van der Waals surface area contributed by atoms with E-state index >= 15 is 0 Å². The van der Waals surface area contributed by atoms with Crippen LogP contribution in [0.25, 0.3) is 0 Å². The molecule has 1 atom stereocenters. The zero-order valence-electron chi connectivity index (χ0n) is 8.62. The van der Waals surface area contributed by atoms with Crippen LogP contribution < -0.4 is 0 Å². The molecular weight excluding hydrogens is 172 g/mol. The zero-order chi connectivity index (χ0) is 9.97. The van der Waals surface area contributed by atoms with Gasteiger partial charge in [-0.1, -0.05) is 24.3 Å². The fraction of sp³-hybridized carbons (Fsp3) is 0.462. The Hall–Kier alpha value is -1.11. The standard InChI is InChI=1S/C13H16O/c1-10-4-2-3-5-12(10)8-11-6-7-13(14)9-11/h2-5,11H,6-9H2,1H3. The molecule has 1 aliphatic carbocycles. The highest BCUT2D eigenvalue weighted by Crippen LogP contribution is 2.26. The van der Waals surface area contributed by atoms with Gasteiger partial charge in [0.15, 0.2) is 0 Å². The molecule has 1 aromatic rings. The lowest BCUT2D eigenvalue weighted by molar-refractivity contribution is -0.117. The maximum atomic E-state index is 11.1. The van der Waals surface area contributed by atoms with Crippen LogP contribution in [0.1, 0.15) is 30.4 Å². The minimum absolute atomic E-state index is 0.448. The van der Waals surface area contributed by atoms with Crippen molar-refractivity contribution in [3.05, 3.63) is 35.4 Å². The van der Waals surface area contributed by atoms with Gasteiger partial charge in [-0.15, -0.1) is 0 Å². The molecule has 0 spiro atoms. The van der Waals surface area contributed by atoms with Crippen molar-refractivity contribution in [2.75, 3.05) is 0 Å². The highest BCUT2D eigenvalue weighted by molar-refractivity contribution is 5.80. The predicted octanol–water partition coefficient (Wildman–Crippen LogP) is 2.91. The normalized spacial score (nSPS) is 21.5. The number of ketones is 1. The Morgan fingerprint density at radius 2 is 2.14 bits per heavy atom. The quantitative estimate of drug-likeness (QED) is 0.697. The van der Waals surface area contributed by atoms with E-state index in [1.165, 1.54) is 11.1 Å². The maximum absolute atomic E-state index is 11.1. The average Bonchev–Trinajstić information content (AvgIpc) is 2.56. The molecule has 74 valence electrons. The molecule has 0 heterocycles. The largest absolute Gasteiger partial charge is 0.300 e. The van der Waals surface area contributed by atoms with Crippen LogP contribution in [0.15, 0.2) is 24.3 Å². The molecule has 1 aromatic carbocycles. The minimum Gasteiger partial charge on any atom is -0.300 e. The Balaban J connectivity index is 2.04. The number of hydrogen-bond acceptors (Lipinski definition) is 1. The molecule has 2 rings (SSSR count). The van der Waals surface area contributed by atoms with Gasteiger partial charge in [-0.25, -0.2) is 0 Å². The molecule has 14 heavy (non-hydrogen) atoms. The monoisotopic (exact) mass is 188 g/mol. The zero-order valence-corrected chi connectivity index (χ0v) is 8.62. The van der Waals surface area contributed by atoms with E-state index in [-0.39, 0.29) is 0 Å². The molecule has 1 nitrogen and oxygen atoms in total. The van der Waals surface area contributed by atoms with Crippen LogP contribution in [0, 0.1) is 12.8 Å². The minimum atomic E-state index is 0.448. The molecule has 0 saturated heterocycles. The summed E-state index contributed by atoms with van der Waals surface area (Å²) < 4.78 is 0. The summed E-state index contributed by atoms with van der Waals surface area (Å²) in [7, 11) is 0. The molecule has 0 bridgehead atoms. The first kappa shape index (κ1) is 9.45. The van der Waals surface area contributed by atoms with Crippen molar-refractivity contribution in [1.82, 2.24) is 0 Å². The van der Waals surface area contributed by atoms with E-state index in [0.717, 1.165) is 25.7 Å². The summed E-state index contributed by atoms with van der Waals surface area (Å²) >= 11 is 0. The first-order valence-electron chi connectivity index (χ1n) is 5.32. The van der Waals surface area contributed by atoms with Crippen LogP contribution >= 0.6 is 0 Å². The lowest BCUT2D eigenvalue weighted by Gasteiger charge is -2.10. The van der Waals surface area contributed by atoms with Crippen molar-refractivity contribution >= 4 is 5.78 Å². The first-order valence-corrected chi connectivity index (χ1v) is 5.32. The molecule has 0 aromatic heterocycles. The van der Waals surface area contributed by atoms with Gasteiger partial charge in [0.25, 0.3) is 0 Å². The fourth-order valence-electron chi connectivity index (χ4n) is 2.22. The van der Waals surface area contributed by atoms with Gasteiger partial charge in [0.05, 0.1) is 0 Å². The summed E-state index contributed by atoms with van der Waals surface area (Å²) in [6.07, 6.45) is 3.77. The highest BCUT2D eigenvalue weighted by Gasteiger charge is 2.22. The van der Waals surface area contributed by atoms with Crippen LogP contribution in [0.2, 0.25) is 0 Å². The summed E-state index contributed by atoms with van der Waals surface area (Å²) in [5.74, 6) is 1.05. The summed E-state index contributed by atoms with van der Waals surface area (Å²) in [5, 5.41) is 0. The number of carbonyl (C=O) groups is 1. The van der Waals surface area contributed by atoms with E-state index in [9.17, 15) is 4.79 Å². The third-order valence-electron chi connectivity index (χ3n) is 3.12. The molecule has 1 aliphatic rings. The van der Waals surface area contributed by atoms with E-state index in [0.29, 0.717) is 11.7 Å². The molecule has 1 unspecified atom stereocenters. The second-order valence-electron chi connectivity index (χ2n) is 4.28. The maximum Gasteiger partial charge on any atom is 0.133 e. The Morgan fingerprint density at radius 3 is 2.79 bits per heavy atom. The Morgan fingerprint density at radius 1 is 1.36 bits per heavy atom. The van der Waals surface area contributed by atoms with Gasteiger partial charge in [0, 0.05) is 12.8 Å². The Kier molecular flexibility index (Phi) is 2.67. The van der Waals surface area contributed by atoms with Crippen molar-refractivity contribution in [3.8, 4) is 0 Å². The number of Topliss-reactive ketones (excluding diaryl/α,β-unsaturated/α-hetero) is 1. The lowest BCUT2D eigenvalue weighted by atomic mass is 9.95. The van der Waals surface area contributed by atoms with E-state index in [1.54, 1.807) is 0 Å². The number of hydrogen-bond donors (Lipinski definition) is 0. The van der Waals surface area contributed by atoms with Gasteiger partial charge in [-0.2, -0.15) is 0 Å². The molecule has 1 heteroatoms. The molecule has 0 aliphatic heterocycles. The van der Waals surface area contributed by atoms with Crippen molar-refractivity contribution in [3.63, 3.8) is 0 Å². The van der Waals surface area contributed by atoms with Gasteiger partial charge in [0.2, 0.25) is 0 Å². The number of benzene rings is 1. The molecular formula is C13H16O. The van der Waals surface area contributed by atoms with Crippen molar-refractivity contribution in [2.24, 2.45) is 5.92 Å². The number of aryl methyl sites for hydroxylation is 1. The molecule has 0 radical (unpaired) electrons. The lowest BCUT2D eigenvalue weighted by Crippen LogP contribution is -2.01. The van der Waals surface area contributed by atoms with Crippen molar-refractivity contribution in [2.45, 2.75) is 32.6 Å². The van der Waals surface area contributed by atoms with Crippen molar-refractivity contribution in [1.29, 1.82) is 0 Å². The summed E-state index contributed by atoms with van der Waals surface area (Å²) in [5.41, 5.74) is 2.76. The third-order valence-corrected chi connectivity index (χ3v) is 3.12. The summed E-state index contributed by atoms with van der Waals surface area (Å²) in [4.78, 5) is 11.1. The average molecular weight is 188 g/mol. The van der Waals surface area contributed by atoms with Crippen molar-refractivity contribution < 1.29 is 4.79 Å². The number of carbonyl (C=O) groups excluding carboxylic acids is 1. The summed E-state index contributed by atoms with van der Waals surface area (Å²) in [6, 6.07) is 8.47. The molecule has 1 saturated carbocycles. The second-order valence-corrected chi connectivity index (χ2v) is 4.28. The van der Waals surface area contributed by atoms with E-state index < -0.39 is 0 Å². The van der Waals surface area contributed by atoms with E-state index in [2.05, 4.69) is 31.2 Å². The molecule has 0 N–H and O–H groups in total. The molecule has 1 fully saturated rings. The topological polar surface area (TPSA) is 17.1 Å². The third kappa shape index (κ3) is 2.03. The van der Waals surface area contributed by atoms with Crippen LogP contribution in [-0.2, 0) is 11.2 Å². The van der Waals surface area contributed by atoms with Gasteiger partial charge in [0.1, 0.15) is 5.78 Å². The van der Waals surface area contributed by atoms with Gasteiger partial charge < -0.3 is 0 Å². The second kappa shape index (κ2) is 3.95. The van der Waals surface area contributed by atoms with E-state index in [1.807, 2.05) is 0 Å². The van der Waals surface area contributed by atoms with Gasteiger partial charge in [-0.3, -0.25) is 4.79 Å². The first-order chi connectivity index (χ1) is 6.75. The highest BCUT2D eigenvalue weighted by atomic mass is 16.1. The van der Waals surface area contributed by atoms with Crippen LogP contribution in [-0.4, -0.2) is 5.78 Å². The molecule has 0 amide bonds. The Bertz CT molecular complexity index is 341. The van der Waals surface area contributed by atoms with E-state index in [4.69, 9.17) is 0 Å². The number of rotatable bonds is 2. The van der Waals surface area contributed by atoms with Crippen LogP contribution in [0.3, 0.4) is 0 Å². The summed E-state index contributed by atoms with van der Waals surface area (Å²) in [6.45, 7) is 2.14. The fourth-order valence-corrected chi connectivity index (χ4v) is 2.22. The SMILES string of the molecule is Cc1ccccc1CC1CCC(=O)C1. The van der Waals surface area contributed by atoms with Crippen LogP contribution in [0.5, 0.6) is 0 Å². The van der Waals surface area contributed by atoms with Gasteiger partial charge in [-0.05, 0) is 36.8 Å². The Labute approximate surface area is 85.1 Å². The smallest absolute Gasteiger partial charge is 0.133 e.